The lowest BCUT2D eigenvalue weighted by Crippen LogP contribution is -2.23. The number of likely N-dealkylation sites (N-methyl/N-ethyl adjacent to an activating group) is 1. The molecule has 0 aliphatic carbocycles. The van der Waals surface area contributed by atoms with Gasteiger partial charge < -0.3 is 9.47 Å². The molecule has 0 unspecified atom stereocenters. The molecule has 1 aliphatic rings. The lowest BCUT2D eigenvalue weighted by atomic mass is 10.1. The molecule has 0 saturated carbocycles. The van der Waals surface area contributed by atoms with Crippen molar-refractivity contribution in [2.24, 2.45) is 4.99 Å². The van der Waals surface area contributed by atoms with Crippen LogP contribution in [0.15, 0.2) is 50.8 Å². The van der Waals surface area contributed by atoms with E-state index in [0.717, 1.165) is 15.6 Å². The summed E-state index contributed by atoms with van der Waals surface area (Å²) in [6.07, 6.45) is 1.79. The Kier molecular flexibility index (Phi) is 6.62. The van der Waals surface area contributed by atoms with Crippen molar-refractivity contribution in [3.8, 4) is 17.6 Å². The van der Waals surface area contributed by atoms with Crippen molar-refractivity contribution in [1.29, 1.82) is 5.26 Å². The van der Waals surface area contributed by atoms with Crippen LogP contribution in [-0.4, -0.2) is 37.2 Å². The maximum Gasteiger partial charge on any atom is 0.266 e. The van der Waals surface area contributed by atoms with Crippen molar-refractivity contribution in [2.45, 2.75) is 6.61 Å². The second kappa shape index (κ2) is 9.16. The van der Waals surface area contributed by atoms with Gasteiger partial charge in [-0.05, 0) is 41.6 Å². The van der Waals surface area contributed by atoms with Crippen molar-refractivity contribution in [3.05, 3.63) is 62.5 Å². The normalized spacial score (nSPS) is 16.4. The highest BCUT2D eigenvalue weighted by molar-refractivity contribution is 9.10. The third kappa shape index (κ3) is 4.47. The van der Waals surface area contributed by atoms with E-state index in [9.17, 15) is 10.1 Å². The smallest absolute Gasteiger partial charge is 0.266 e. The predicted molar refractivity (Wildman–Crippen MR) is 118 cm³/mol. The van der Waals surface area contributed by atoms with E-state index in [4.69, 9.17) is 9.47 Å². The van der Waals surface area contributed by atoms with Crippen LogP contribution in [0.4, 0.5) is 0 Å². The number of amidine groups is 1. The monoisotopic (exact) mass is 471 g/mol. The Balaban J connectivity index is 1.88. The standard InChI is InChI=1S/C21H18BrN3O3S/c1-24-21-25(2)20(26)19(29-21)9-15-8-17(27-3)18(10-16(15)22)28-12-14-7-5-4-6-13(14)11-23/h4-10H,12H2,1-3H3/b19-9-,24-21?. The largest absolute Gasteiger partial charge is 0.493 e. The summed E-state index contributed by atoms with van der Waals surface area (Å²) >= 11 is 4.87. The zero-order chi connectivity index (χ0) is 21.0. The Morgan fingerprint density at radius 3 is 2.72 bits per heavy atom. The van der Waals surface area contributed by atoms with Crippen LogP contribution in [0.5, 0.6) is 11.5 Å². The Morgan fingerprint density at radius 2 is 2.07 bits per heavy atom. The van der Waals surface area contributed by atoms with E-state index in [2.05, 4.69) is 27.0 Å². The van der Waals surface area contributed by atoms with Crippen LogP contribution in [0.3, 0.4) is 0 Å². The highest BCUT2D eigenvalue weighted by atomic mass is 79.9. The topological polar surface area (TPSA) is 74.9 Å². The number of nitrogens with zero attached hydrogens (tertiary/aromatic N) is 3. The molecule has 2 aromatic carbocycles. The summed E-state index contributed by atoms with van der Waals surface area (Å²) in [5.74, 6) is 0.963. The molecule has 1 aliphatic heterocycles. The molecule has 1 fully saturated rings. The molecule has 29 heavy (non-hydrogen) atoms. The molecule has 3 rings (SSSR count). The van der Waals surface area contributed by atoms with E-state index in [-0.39, 0.29) is 12.5 Å². The number of methoxy groups -OCH3 is 1. The summed E-state index contributed by atoms with van der Waals surface area (Å²) in [4.78, 5) is 18.6. The Hall–Kier alpha value is -2.76. The van der Waals surface area contributed by atoms with Gasteiger partial charge in [-0.15, -0.1) is 0 Å². The molecule has 0 spiro atoms. The van der Waals surface area contributed by atoms with Gasteiger partial charge in [0, 0.05) is 24.1 Å². The van der Waals surface area contributed by atoms with Crippen molar-refractivity contribution in [3.63, 3.8) is 0 Å². The number of ether oxygens (including phenoxy) is 2. The number of benzene rings is 2. The molecule has 0 bridgehead atoms. The van der Waals surface area contributed by atoms with Gasteiger partial charge in [-0.1, -0.05) is 34.1 Å². The summed E-state index contributed by atoms with van der Waals surface area (Å²) < 4.78 is 12.1. The number of amides is 1. The van der Waals surface area contributed by atoms with E-state index in [1.165, 1.54) is 16.7 Å². The van der Waals surface area contributed by atoms with E-state index in [0.29, 0.717) is 27.1 Å². The van der Waals surface area contributed by atoms with E-state index >= 15 is 0 Å². The number of hydrogen-bond acceptors (Lipinski definition) is 6. The highest BCUT2D eigenvalue weighted by Crippen LogP contribution is 2.38. The third-order valence-electron chi connectivity index (χ3n) is 4.29. The first kappa shape index (κ1) is 21.0. The van der Waals surface area contributed by atoms with Crippen molar-refractivity contribution >= 4 is 44.8 Å². The number of hydrogen-bond donors (Lipinski definition) is 0. The zero-order valence-electron chi connectivity index (χ0n) is 16.1. The minimum absolute atomic E-state index is 0.102. The quantitative estimate of drug-likeness (QED) is 0.602. The molecular weight excluding hydrogens is 454 g/mol. The summed E-state index contributed by atoms with van der Waals surface area (Å²) in [7, 11) is 4.91. The van der Waals surface area contributed by atoms with E-state index in [1.807, 2.05) is 18.2 Å². The van der Waals surface area contributed by atoms with Crippen LogP contribution >= 0.6 is 27.7 Å². The predicted octanol–water partition coefficient (Wildman–Crippen LogP) is 4.44. The second-order valence-corrected chi connectivity index (χ2v) is 7.93. The fraction of sp³-hybridized carbons (Fsp3) is 0.190. The van der Waals surface area contributed by atoms with Gasteiger partial charge >= 0.3 is 0 Å². The van der Waals surface area contributed by atoms with Gasteiger partial charge in [0.2, 0.25) is 0 Å². The number of aliphatic imine (C=N–C) groups is 1. The minimum atomic E-state index is -0.102. The average Bonchev–Trinajstić information content (AvgIpc) is 3.01. The van der Waals surface area contributed by atoms with E-state index in [1.54, 1.807) is 45.5 Å². The van der Waals surface area contributed by atoms with Gasteiger partial charge in [0.1, 0.15) is 6.61 Å². The first-order chi connectivity index (χ1) is 14.0. The third-order valence-corrected chi connectivity index (χ3v) is 6.12. The Morgan fingerprint density at radius 1 is 1.31 bits per heavy atom. The maximum atomic E-state index is 12.4. The van der Waals surface area contributed by atoms with Gasteiger partial charge in [-0.25, -0.2) is 0 Å². The number of halogens is 1. The minimum Gasteiger partial charge on any atom is -0.493 e. The van der Waals surface area contributed by atoms with Crippen LogP contribution < -0.4 is 9.47 Å². The number of nitriles is 1. The summed E-state index contributed by atoms with van der Waals surface area (Å²) in [5, 5.41) is 9.88. The number of carbonyl (C=O) groups excluding carboxylic acids is 1. The van der Waals surface area contributed by atoms with E-state index < -0.39 is 0 Å². The van der Waals surface area contributed by atoms with Gasteiger partial charge in [-0.3, -0.25) is 14.7 Å². The van der Waals surface area contributed by atoms with Gasteiger partial charge in [0.15, 0.2) is 16.7 Å². The lowest BCUT2D eigenvalue weighted by molar-refractivity contribution is -0.121. The molecule has 1 heterocycles. The highest BCUT2D eigenvalue weighted by Gasteiger charge is 2.30. The van der Waals surface area contributed by atoms with Crippen LogP contribution in [0.2, 0.25) is 0 Å². The van der Waals surface area contributed by atoms with Crippen LogP contribution in [-0.2, 0) is 11.4 Å². The number of rotatable bonds is 5. The first-order valence-corrected chi connectivity index (χ1v) is 10.2. The molecule has 0 radical (unpaired) electrons. The fourth-order valence-electron chi connectivity index (χ4n) is 2.74. The molecule has 0 aromatic heterocycles. The summed E-state index contributed by atoms with van der Waals surface area (Å²) in [6.45, 7) is 0.239. The van der Waals surface area contributed by atoms with Gasteiger partial charge in [0.05, 0.1) is 23.6 Å². The second-order valence-electron chi connectivity index (χ2n) is 6.06. The van der Waals surface area contributed by atoms with Crippen LogP contribution in [0, 0.1) is 11.3 Å². The SMILES string of the molecule is CN=C1S/C(=C\c2cc(OC)c(OCc3ccccc3C#N)cc2Br)C(=O)N1C. The van der Waals surface area contributed by atoms with Gasteiger partial charge in [-0.2, -0.15) is 5.26 Å². The molecule has 1 saturated heterocycles. The summed E-state index contributed by atoms with van der Waals surface area (Å²) in [5.41, 5.74) is 2.15. The molecule has 2 aromatic rings. The number of carbonyl (C=O) groups is 1. The van der Waals surface area contributed by atoms with Crippen molar-refractivity contribution in [2.75, 3.05) is 21.2 Å². The Bertz CT molecular complexity index is 1060. The fourth-order valence-corrected chi connectivity index (χ4v) is 4.09. The molecule has 0 atom stereocenters. The molecule has 1 amide bonds. The maximum absolute atomic E-state index is 12.4. The van der Waals surface area contributed by atoms with Crippen LogP contribution in [0.1, 0.15) is 16.7 Å². The molecule has 6 nitrogen and oxygen atoms in total. The Labute approximate surface area is 182 Å². The molecule has 0 N–H and O–H groups in total. The zero-order valence-corrected chi connectivity index (χ0v) is 18.5. The molecule has 8 heteroatoms. The number of thioether (sulfide) groups is 1. The van der Waals surface area contributed by atoms with Crippen LogP contribution in [0.25, 0.3) is 6.08 Å². The average molecular weight is 472 g/mol. The lowest BCUT2D eigenvalue weighted by Gasteiger charge is -2.13. The molecular formula is C21H18BrN3O3S. The van der Waals surface area contributed by atoms with Crippen molar-refractivity contribution < 1.29 is 14.3 Å². The van der Waals surface area contributed by atoms with Gasteiger partial charge in [0.25, 0.3) is 5.91 Å². The molecule has 148 valence electrons. The van der Waals surface area contributed by atoms with Crippen molar-refractivity contribution in [1.82, 2.24) is 4.90 Å². The summed E-state index contributed by atoms with van der Waals surface area (Å²) in [6, 6.07) is 13.0. The first-order valence-electron chi connectivity index (χ1n) is 8.61.